The number of rotatable bonds is 7. The van der Waals surface area contributed by atoms with Crippen molar-refractivity contribution in [2.45, 2.75) is 32.0 Å². The number of nitrogens with zero attached hydrogens (tertiary/aromatic N) is 2. The normalized spacial score (nSPS) is 17.6. The van der Waals surface area contributed by atoms with Gasteiger partial charge in [0.15, 0.2) is 0 Å². The summed E-state index contributed by atoms with van der Waals surface area (Å²) in [5.74, 6) is 0.0731. The number of hydrogen-bond donors (Lipinski definition) is 0. The molecule has 1 amide bonds. The molecule has 2 aliphatic rings. The predicted molar refractivity (Wildman–Crippen MR) is 143 cm³/mol. The molecule has 1 fully saturated rings. The molecule has 3 aromatic rings. The summed E-state index contributed by atoms with van der Waals surface area (Å²) < 4.78 is 51.8. The van der Waals surface area contributed by atoms with Crippen LogP contribution in [0, 0.1) is 5.92 Å². The van der Waals surface area contributed by atoms with E-state index in [-0.39, 0.29) is 36.5 Å². The van der Waals surface area contributed by atoms with Crippen LogP contribution in [0.4, 0.5) is 18.9 Å². The number of benzene rings is 2. The highest BCUT2D eigenvalue weighted by Gasteiger charge is 2.36. The van der Waals surface area contributed by atoms with Gasteiger partial charge in [-0.05, 0) is 61.2 Å². The summed E-state index contributed by atoms with van der Waals surface area (Å²) in [4.78, 5) is 28.6. The molecule has 5 rings (SSSR count). The van der Waals surface area contributed by atoms with Crippen LogP contribution in [0.5, 0.6) is 5.75 Å². The van der Waals surface area contributed by atoms with E-state index in [0.29, 0.717) is 47.0 Å². The number of alkyl halides is 3. The van der Waals surface area contributed by atoms with Crippen molar-refractivity contribution >= 4 is 28.9 Å². The molecule has 0 N–H and O–H groups in total. The van der Waals surface area contributed by atoms with Crippen molar-refractivity contribution in [2.75, 3.05) is 38.2 Å². The summed E-state index contributed by atoms with van der Waals surface area (Å²) in [7, 11) is 1.38. The van der Waals surface area contributed by atoms with Gasteiger partial charge in [0.25, 0.3) is 0 Å². The lowest BCUT2D eigenvalue weighted by molar-refractivity contribution is -0.147. The molecule has 1 atom stereocenters. The topological polar surface area (TPSA) is 59.1 Å². The number of carbonyl (C=O) groups excluding carboxylic acids is 2. The predicted octanol–water partition coefficient (Wildman–Crippen LogP) is 5.79. The quantitative estimate of drug-likeness (QED) is 0.344. The molecule has 0 saturated carbocycles. The van der Waals surface area contributed by atoms with E-state index >= 15 is 0 Å². The number of fused-ring (bicyclic) bond motifs is 1. The number of piperidine rings is 1. The third-order valence-corrected chi connectivity index (χ3v) is 8.31. The van der Waals surface area contributed by atoms with Crippen molar-refractivity contribution in [3.63, 3.8) is 0 Å². The molecule has 1 aromatic heterocycles. The van der Waals surface area contributed by atoms with Gasteiger partial charge in [0, 0.05) is 29.2 Å². The minimum atomic E-state index is -4.45. The van der Waals surface area contributed by atoms with Crippen molar-refractivity contribution in [1.29, 1.82) is 0 Å². The zero-order valence-electron chi connectivity index (χ0n) is 21.5. The van der Waals surface area contributed by atoms with Crippen LogP contribution in [0.2, 0.25) is 0 Å². The van der Waals surface area contributed by atoms with Crippen LogP contribution in [0.1, 0.15) is 28.2 Å². The number of carbonyl (C=O) groups is 2. The van der Waals surface area contributed by atoms with E-state index in [1.807, 2.05) is 17.0 Å². The first-order valence-corrected chi connectivity index (χ1v) is 13.7. The van der Waals surface area contributed by atoms with E-state index in [1.54, 1.807) is 47.4 Å². The summed E-state index contributed by atoms with van der Waals surface area (Å²) in [6, 6.07) is 15.5. The fourth-order valence-electron chi connectivity index (χ4n) is 5.27. The summed E-state index contributed by atoms with van der Waals surface area (Å²) in [6.45, 7) is 2.06. The average molecular weight is 559 g/mol. The minimum Gasteiger partial charge on any atom is -0.488 e. The zero-order valence-corrected chi connectivity index (χ0v) is 22.3. The Balaban J connectivity index is 1.23. The molecule has 2 aliphatic heterocycles. The maximum absolute atomic E-state index is 13.7. The van der Waals surface area contributed by atoms with E-state index in [1.165, 1.54) is 7.11 Å². The summed E-state index contributed by atoms with van der Waals surface area (Å²) in [6.07, 6.45) is -2.18. The largest absolute Gasteiger partial charge is 0.488 e. The number of halogens is 3. The lowest BCUT2D eigenvalue weighted by Gasteiger charge is -2.32. The Labute approximate surface area is 228 Å². The number of amides is 1. The molecule has 3 heterocycles. The molecule has 6 nitrogen and oxygen atoms in total. The van der Waals surface area contributed by atoms with Crippen LogP contribution in [0.3, 0.4) is 0 Å². The van der Waals surface area contributed by atoms with Crippen LogP contribution in [0.25, 0.3) is 11.1 Å². The van der Waals surface area contributed by atoms with E-state index in [4.69, 9.17) is 9.47 Å². The molecule has 0 unspecified atom stereocenters. The Bertz CT molecular complexity index is 1340. The van der Waals surface area contributed by atoms with Crippen LogP contribution in [-0.2, 0) is 33.5 Å². The van der Waals surface area contributed by atoms with Gasteiger partial charge in [-0.15, -0.1) is 11.3 Å². The smallest absolute Gasteiger partial charge is 0.426 e. The number of likely N-dealkylation sites (tertiary alicyclic amines) is 1. The molecule has 0 bridgehead atoms. The highest BCUT2D eigenvalue weighted by Crippen LogP contribution is 2.43. The maximum atomic E-state index is 13.7. The number of anilines is 1. The summed E-state index contributed by atoms with van der Waals surface area (Å²) in [5, 5.41) is 0. The molecule has 1 saturated heterocycles. The Kier molecular flexibility index (Phi) is 7.95. The third kappa shape index (κ3) is 6.12. The fraction of sp³-hybridized carbons (Fsp3) is 0.379. The van der Waals surface area contributed by atoms with E-state index in [0.717, 1.165) is 30.6 Å². The number of ether oxygens (including phenoxy) is 2. The van der Waals surface area contributed by atoms with E-state index < -0.39 is 11.1 Å². The first-order chi connectivity index (χ1) is 18.7. The maximum Gasteiger partial charge on any atom is 0.426 e. The Hall–Kier alpha value is -3.37. The molecule has 2 aromatic carbocycles. The highest BCUT2D eigenvalue weighted by molar-refractivity contribution is 7.12. The molecule has 10 heteroatoms. The zero-order chi connectivity index (χ0) is 27.6. The molecule has 206 valence electrons. The molecule has 0 radical (unpaired) electrons. The van der Waals surface area contributed by atoms with Gasteiger partial charge in [0.2, 0.25) is 5.91 Å². The minimum absolute atomic E-state index is 0.0122. The first kappa shape index (κ1) is 27.2. The Morgan fingerprint density at radius 2 is 1.87 bits per heavy atom. The molecule has 0 aliphatic carbocycles. The van der Waals surface area contributed by atoms with Crippen molar-refractivity contribution in [1.82, 2.24) is 4.90 Å². The summed E-state index contributed by atoms with van der Waals surface area (Å²) >= 11 is 0.694. The second kappa shape index (κ2) is 11.4. The van der Waals surface area contributed by atoms with Gasteiger partial charge in [-0.25, -0.2) is 0 Å². The standard InChI is InChI=1S/C29H29F3N2O4S/c1-37-28(36)21-8-5-12-33(16-21)17-26(35)34-13-11-20-14-22(9-10-25(20)34)38-18-23-15-24(19-6-3-2-4-7-19)27(39-23)29(30,31)32/h2-4,6-7,9-10,14-15,21H,5,8,11-13,16-18H2,1H3/t21-/m0/s1. The number of methoxy groups -OCH3 is 1. The SMILES string of the molecule is COC(=O)[C@H]1CCCN(CC(=O)N2CCc3cc(OCc4cc(-c5ccccc5)c(C(F)(F)F)s4)ccc32)C1. The van der Waals surface area contributed by atoms with E-state index in [2.05, 4.69) is 0 Å². The first-order valence-electron chi connectivity index (χ1n) is 12.8. The lowest BCUT2D eigenvalue weighted by atomic mass is 9.98. The monoisotopic (exact) mass is 558 g/mol. The molecule has 39 heavy (non-hydrogen) atoms. The van der Waals surface area contributed by atoms with Crippen LogP contribution in [-0.4, -0.2) is 50.1 Å². The third-order valence-electron chi connectivity index (χ3n) is 7.15. The van der Waals surface area contributed by atoms with Crippen LogP contribution < -0.4 is 9.64 Å². The van der Waals surface area contributed by atoms with Crippen molar-refractivity contribution in [2.24, 2.45) is 5.92 Å². The number of esters is 1. The van der Waals surface area contributed by atoms with E-state index in [9.17, 15) is 22.8 Å². The molecular formula is C29H29F3N2O4S. The van der Waals surface area contributed by atoms with Gasteiger partial charge in [0.05, 0.1) is 19.6 Å². The highest BCUT2D eigenvalue weighted by atomic mass is 32.1. The Morgan fingerprint density at radius 1 is 1.08 bits per heavy atom. The number of thiophene rings is 1. The van der Waals surface area contributed by atoms with Crippen LogP contribution in [0.15, 0.2) is 54.6 Å². The van der Waals surface area contributed by atoms with Gasteiger partial charge >= 0.3 is 12.1 Å². The van der Waals surface area contributed by atoms with Gasteiger partial charge < -0.3 is 14.4 Å². The fourth-order valence-corrected chi connectivity index (χ4v) is 6.23. The second-order valence-electron chi connectivity index (χ2n) is 9.79. The van der Waals surface area contributed by atoms with Gasteiger partial charge in [0.1, 0.15) is 17.2 Å². The molecule has 0 spiro atoms. The number of hydrogen-bond acceptors (Lipinski definition) is 6. The summed E-state index contributed by atoms with van der Waals surface area (Å²) in [5.41, 5.74) is 2.44. The van der Waals surface area contributed by atoms with Crippen LogP contribution >= 0.6 is 11.3 Å². The Morgan fingerprint density at radius 3 is 2.62 bits per heavy atom. The van der Waals surface area contributed by atoms with Gasteiger partial charge in [-0.2, -0.15) is 13.2 Å². The molecular weight excluding hydrogens is 529 g/mol. The van der Waals surface area contributed by atoms with Crippen molar-refractivity contribution in [3.05, 3.63) is 69.9 Å². The second-order valence-corrected chi connectivity index (χ2v) is 10.9. The lowest BCUT2D eigenvalue weighted by Crippen LogP contribution is -2.45. The van der Waals surface area contributed by atoms with Gasteiger partial charge in [-0.1, -0.05) is 30.3 Å². The van der Waals surface area contributed by atoms with Crippen molar-refractivity contribution in [3.8, 4) is 16.9 Å². The van der Waals surface area contributed by atoms with Gasteiger partial charge in [-0.3, -0.25) is 14.5 Å². The average Bonchev–Trinajstić information content (AvgIpc) is 3.57. The van der Waals surface area contributed by atoms with Crippen molar-refractivity contribution < 1.29 is 32.2 Å².